The van der Waals surface area contributed by atoms with Gasteiger partial charge in [-0.1, -0.05) is 97.1 Å². The van der Waals surface area contributed by atoms with Crippen molar-refractivity contribution in [1.82, 2.24) is 4.57 Å². The normalized spacial score (nSPS) is 11.5. The first-order valence-electron chi connectivity index (χ1n) is 13.3. The van der Waals surface area contributed by atoms with Crippen LogP contribution in [-0.2, 0) is 0 Å². The number of hydrogen-bond acceptors (Lipinski definition) is 2. The van der Waals surface area contributed by atoms with Crippen molar-refractivity contribution in [1.29, 1.82) is 5.26 Å². The molecule has 0 N–H and O–H groups in total. The third-order valence-electron chi connectivity index (χ3n) is 7.86. The quantitative estimate of drug-likeness (QED) is 0.237. The first-order chi connectivity index (χ1) is 19.8. The molecule has 0 fully saturated rings. The monoisotopic (exact) mass is 510 g/mol. The van der Waals surface area contributed by atoms with Crippen molar-refractivity contribution in [2.45, 2.75) is 0 Å². The Hall–Kier alpha value is -5.59. The van der Waals surface area contributed by atoms with Gasteiger partial charge in [-0.05, 0) is 53.1 Å². The number of rotatable bonds is 3. The summed E-state index contributed by atoms with van der Waals surface area (Å²) in [6.45, 7) is 0. The molecule has 40 heavy (non-hydrogen) atoms. The number of hydrogen-bond donors (Lipinski definition) is 0. The van der Waals surface area contributed by atoms with Gasteiger partial charge in [0.25, 0.3) is 0 Å². The highest BCUT2D eigenvalue weighted by atomic mass is 16.3. The molecule has 2 aromatic heterocycles. The average molecular weight is 511 g/mol. The van der Waals surface area contributed by atoms with Crippen molar-refractivity contribution in [3.63, 3.8) is 0 Å². The minimum atomic E-state index is 0.626. The van der Waals surface area contributed by atoms with Crippen LogP contribution in [0.5, 0.6) is 0 Å². The molecule has 0 atom stereocenters. The van der Waals surface area contributed by atoms with Crippen LogP contribution in [0.1, 0.15) is 5.56 Å². The second-order valence-electron chi connectivity index (χ2n) is 10.0. The summed E-state index contributed by atoms with van der Waals surface area (Å²) in [6.07, 6.45) is 0. The van der Waals surface area contributed by atoms with Crippen molar-refractivity contribution < 1.29 is 4.42 Å². The maximum Gasteiger partial charge on any atom is 0.136 e. The molecule has 3 heteroatoms. The molecule has 0 saturated heterocycles. The second kappa shape index (κ2) is 8.73. The molecule has 0 saturated carbocycles. The van der Waals surface area contributed by atoms with E-state index in [1.165, 1.54) is 10.8 Å². The topological polar surface area (TPSA) is 41.9 Å². The SMILES string of the molecule is N#Cc1ccc(-c2ccccc2-c2cccc3oc4ccccc4c23)c(-n2c3ccccc3c3ccccc32)c1. The van der Waals surface area contributed by atoms with Crippen LogP contribution in [-0.4, -0.2) is 4.57 Å². The lowest BCUT2D eigenvalue weighted by atomic mass is 9.90. The van der Waals surface area contributed by atoms with E-state index in [2.05, 4.69) is 114 Å². The van der Waals surface area contributed by atoms with E-state index < -0.39 is 0 Å². The lowest BCUT2D eigenvalue weighted by molar-refractivity contribution is 0.669. The minimum absolute atomic E-state index is 0.626. The van der Waals surface area contributed by atoms with E-state index in [1.807, 2.05) is 30.3 Å². The lowest BCUT2D eigenvalue weighted by Crippen LogP contribution is -1.99. The Morgan fingerprint density at radius 3 is 1.80 bits per heavy atom. The number of aromatic nitrogens is 1. The molecule has 0 aliphatic carbocycles. The van der Waals surface area contributed by atoms with E-state index in [9.17, 15) is 5.26 Å². The molecule has 0 radical (unpaired) electrons. The van der Waals surface area contributed by atoms with Crippen molar-refractivity contribution >= 4 is 43.7 Å². The summed E-state index contributed by atoms with van der Waals surface area (Å²) in [5, 5.41) is 14.5. The van der Waals surface area contributed by atoms with Crippen molar-refractivity contribution in [2.24, 2.45) is 0 Å². The van der Waals surface area contributed by atoms with Gasteiger partial charge in [0, 0.05) is 27.1 Å². The Morgan fingerprint density at radius 2 is 1.07 bits per heavy atom. The standard InChI is InChI=1S/C37H22N2O/c38-23-24-20-21-29(34(22-24)39-32-16-6-3-12-27(32)28-13-4-7-17-33(28)39)25-10-1-2-11-26(25)30-15-9-19-36-37(30)31-14-5-8-18-35(31)40-36/h1-22H. The van der Waals surface area contributed by atoms with Gasteiger partial charge in [-0.15, -0.1) is 0 Å². The molecule has 0 unspecified atom stereocenters. The van der Waals surface area contributed by atoms with Crippen LogP contribution in [0.15, 0.2) is 138 Å². The van der Waals surface area contributed by atoms with Gasteiger partial charge in [-0.3, -0.25) is 0 Å². The summed E-state index contributed by atoms with van der Waals surface area (Å²) in [5.74, 6) is 0. The van der Waals surface area contributed by atoms with Gasteiger partial charge in [0.15, 0.2) is 0 Å². The van der Waals surface area contributed by atoms with E-state index in [1.54, 1.807) is 0 Å². The predicted octanol–water partition coefficient (Wildman–Crippen LogP) is 9.89. The molecular formula is C37H22N2O. The van der Waals surface area contributed by atoms with Crippen LogP contribution < -0.4 is 0 Å². The molecule has 0 spiro atoms. The summed E-state index contributed by atoms with van der Waals surface area (Å²) in [7, 11) is 0. The number of nitriles is 1. The Bertz CT molecular complexity index is 2240. The van der Waals surface area contributed by atoms with Gasteiger partial charge in [-0.2, -0.15) is 5.26 Å². The molecule has 0 aliphatic rings. The third kappa shape index (κ3) is 3.24. The van der Waals surface area contributed by atoms with Crippen molar-refractivity contribution in [3.05, 3.63) is 139 Å². The van der Waals surface area contributed by atoms with Crippen LogP contribution in [0.2, 0.25) is 0 Å². The van der Waals surface area contributed by atoms with Gasteiger partial charge in [0.1, 0.15) is 11.2 Å². The van der Waals surface area contributed by atoms with Crippen LogP contribution >= 0.6 is 0 Å². The maximum absolute atomic E-state index is 9.91. The fourth-order valence-electron chi connectivity index (χ4n) is 6.15. The van der Waals surface area contributed by atoms with Crippen molar-refractivity contribution in [2.75, 3.05) is 0 Å². The molecule has 2 heterocycles. The molecule has 0 bridgehead atoms. The fourth-order valence-corrected chi connectivity index (χ4v) is 6.15. The highest BCUT2D eigenvalue weighted by molar-refractivity contribution is 6.14. The van der Waals surface area contributed by atoms with Crippen LogP contribution in [0.4, 0.5) is 0 Å². The molecule has 0 amide bonds. The summed E-state index contributed by atoms with van der Waals surface area (Å²) < 4.78 is 8.53. The zero-order chi connectivity index (χ0) is 26.6. The maximum atomic E-state index is 9.91. The number of furan rings is 1. The Labute approximate surface area is 230 Å². The smallest absolute Gasteiger partial charge is 0.136 e. The molecule has 186 valence electrons. The first kappa shape index (κ1) is 22.4. The Balaban J connectivity index is 1.47. The molecule has 6 aromatic carbocycles. The van der Waals surface area contributed by atoms with Crippen molar-refractivity contribution in [3.8, 4) is 34.0 Å². The number of fused-ring (bicyclic) bond motifs is 6. The largest absolute Gasteiger partial charge is 0.456 e. The highest BCUT2D eigenvalue weighted by Gasteiger charge is 2.20. The molecule has 0 aliphatic heterocycles. The third-order valence-corrected chi connectivity index (χ3v) is 7.86. The Kier molecular flexibility index (Phi) is 4.89. The predicted molar refractivity (Wildman–Crippen MR) is 164 cm³/mol. The summed E-state index contributed by atoms with van der Waals surface area (Å²) >= 11 is 0. The van der Waals surface area contributed by atoms with Gasteiger partial charge in [-0.25, -0.2) is 0 Å². The van der Waals surface area contributed by atoms with Gasteiger partial charge in [0.2, 0.25) is 0 Å². The fraction of sp³-hybridized carbons (Fsp3) is 0. The number of para-hydroxylation sites is 3. The number of nitrogens with zero attached hydrogens (tertiary/aromatic N) is 2. The number of benzene rings is 6. The summed E-state index contributed by atoms with van der Waals surface area (Å²) in [4.78, 5) is 0. The zero-order valence-corrected chi connectivity index (χ0v) is 21.5. The molecular weight excluding hydrogens is 488 g/mol. The van der Waals surface area contributed by atoms with Crippen LogP contribution in [0, 0.1) is 11.3 Å². The van der Waals surface area contributed by atoms with E-state index in [0.717, 1.165) is 60.9 Å². The van der Waals surface area contributed by atoms with Gasteiger partial charge in [0.05, 0.1) is 28.4 Å². The minimum Gasteiger partial charge on any atom is -0.456 e. The van der Waals surface area contributed by atoms with Crippen LogP contribution in [0.3, 0.4) is 0 Å². The summed E-state index contributed by atoms with van der Waals surface area (Å²) in [5.41, 5.74) is 9.98. The lowest BCUT2D eigenvalue weighted by Gasteiger charge is -2.18. The van der Waals surface area contributed by atoms with E-state index >= 15 is 0 Å². The molecule has 3 nitrogen and oxygen atoms in total. The Morgan fingerprint density at radius 1 is 0.500 bits per heavy atom. The molecule has 8 aromatic rings. The molecule has 8 rings (SSSR count). The average Bonchev–Trinajstić information content (AvgIpc) is 3.57. The van der Waals surface area contributed by atoms with E-state index in [-0.39, 0.29) is 0 Å². The van der Waals surface area contributed by atoms with Crippen LogP contribution in [0.25, 0.3) is 71.7 Å². The summed E-state index contributed by atoms with van der Waals surface area (Å²) in [6, 6.07) is 48.3. The second-order valence-corrected chi connectivity index (χ2v) is 10.0. The zero-order valence-electron chi connectivity index (χ0n) is 21.5. The van der Waals surface area contributed by atoms with E-state index in [0.29, 0.717) is 5.56 Å². The first-order valence-corrected chi connectivity index (χ1v) is 13.3. The van der Waals surface area contributed by atoms with E-state index in [4.69, 9.17) is 4.42 Å². The van der Waals surface area contributed by atoms with Gasteiger partial charge < -0.3 is 8.98 Å². The highest BCUT2D eigenvalue weighted by Crippen LogP contribution is 2.43. The van der Waals surface area contributed by atoms with Gasteiger partial charge >= 0.3 is 0 Å².